The summed E-state index contributed by atoms with van der Waals surface area (Å²) in [6.45, 7) is 6.07. The van der Waals surface area contributed by atoms with E-state index in [0.717, 1.165) is 5.56 Å². The van der Waals surface area contributed by atoms with Crippen molar-refractivity contribution in [3.8, 4) is 0 Å². The highest BCUT2D eigenvalue weighted by molar-refractivity contribution is 5.81. The summed E-state index contributed by atoms with van der Waals surface area (Å²) < 4.78 is 31.2. The summed E-state index contributed by atoms with van der Waals surface area (Å²) in [7, 11) is 0. The molecule has 9 nitrogen and oxygen atoms in total. The van der Waals surface area contributed by atoms with Crippen molar-refractivity contribution in [2.45, 2.75) is 13.5 Å². The number of amides is 1. The number of ether oxygens (including phenoxy) is 6. The average Bonchev–Trinajstić information content (AvgIpc) is 2.78. The van der Waals surface area contributed by atoms with Crippen LogP contribution in [-0.2, 0) is 39.8 Å². The molecule has 1 amide bonds. The average molecular weight is 440 g/mol. The fourth-order valence-corrected chi connectivity index (χ4v) is 2.15. The van der Waals surface area contributed by atoms with Crippen LogP contribution in [0.4, 0.5) is 4.79 Å². The summed E-state index contributed by atoms with van der Waals surface area (Å²) in [6, 6.07) is 9.48. The van der Waals surface area contributed by atoms with Crippen molar-refractivity contribution >= 4 is 12.1 Å². The van der Waals surface area contributed by atoms with Gasteiger partial charge >= 0.3 is 12.1 Å². The number of hydrogen-bond donors (Lipinski definition) is 1. The molecule has 0 atom stereocenters. The van der Waals surface area contributed by atoms with Crippen molar-refractivity contribution in [1.29, 1.82) is 0 Å². The van der Waals surface area contributed by atoms with E-state index in [1.807, 2.05) is 30.3 Å². The van der Waals surface area contributed by atoms with E-state index >= 15 is 0 Å². The molecule has 0 bridgehead atoms. The van der Waals surface area contributed by atoms with Gasteiger partial charge in [-0.15, -0.1) is 0 Å². The molecular weight excluding hydrogens is 406 g/mol. The molecule has 0 aromatic heterocycles. The van der Waals surface area contributed by atoms with Gasteiger partial charge in [-0.2, -0.15) is 0 Å². The molecule has 0 fully saturated rings. The third-order valence-corrected chi connectivity index (χ3v) is 3.60. The fourth-order valence-electron chi connectivity index (χ4n) is 2.15. The third kappa shape index (κ3) is 17.0. The Morgan fingerprint density at radius 2 is 1.45 bits per heavy atom. The zero-order chi connectivity index (χ0) is 22.4. The number of nitrogens with one attached hydrogen (secondary N) is 1. The van der Waals surface area contributed by atoms with Gasteiger partial charge in [0.05, 0.1) is 59.5 Å². The maximum Gasteiger partial charge on any atom is 0.407 e. The van der Waals surface area contributed by atoms with Gasteiger partial charge in [0.1, 0.15) is 6.61 Å². The summed E-state index contributed by atoms with van der Waals surface area (Å²) in [5.41, 5.74) is 0.936. The van der Waals surface area contributed by atoms with Crippen molar-refractivity contribution < 1.29 is 38.0 Å². The van der Waals surface area contributed by atoms with Gasteiger partial charge in [-0.05, 0) is 12.5 Å². The summed E-state index contributed by atoms with van der Waals surface area (Å²) in [5.74, 6) is -0.374. The lowest BCUT2D eigenvalue weighted by molar-refractivity contribution is -0.137. The van der Waals surface area contributed by atoms with E-state index in [9.17, 15) is 9.59 Å². The second-order valence-corrected chi connectivity index (χ2v) is 6.05. The number of alkyl carbamates (subject to hydrolysis) is 1. The predicted octanol–water partition coefficient (Wildman–Crippen LogP) is 2.10. The summed E-state index contributed by atoms with van der Waals surface area (Å²) in [6.07, 6.45) is 2.47. The first-order valence-corrected chi connectivity index (χ1v) is 10.3. The molecule has 1 aromatic rings. The van der Waals surface area contributed by atoms with Gasteiger partial charge in [0.2, 0.25) is 0 Å². The molecule has 0 heterocycles. The molecule has 0 saturated heterocycles. The lowest BCUT2D eigenvalue weighted by atomic mass is 10.2. The first-order valence-electron chi connectivity index (χ1n) is 10.3. The van der Waals surface area contributed by atoms with E-state index in [4.69, 9.17) is 28.4 Å². The van der Waals surface area contributed by atoms with Gasteiger partial charge in [0, 0.05) is 12.6 Å². The standard InChI is InChI=1S/C22H33NO8/c1-2-30-21(24)9-6-11-26-13-15-28-17-18-29-16-14-27-12-10-23-22(25)31-19-20-7-4-3-5-8-20/h3-9H,2,10-19H2,1H3,(H,23,25)/b9-6+. The Labute approximate surface area is 183 Å². The highest BCUT2D eigenvalue weighted by Crippen LogP contribution is 2.00. The fraction of sp³-hybridized carbons (Fsp3) is 0.545. The molecule has 174 valence electrons. The van der Waals surface area contributed by atoms with E-state index in [0.29, 0.717) is 66.0 Å². The van der Waals surface area contributed by atoms with Crippen LogP contribution in [0.5, 0.6) is 0 Å². The first-order chi connectivity index (χ1) is 15.2. The minimum Gasteiger partial charge on any atom is -0.463 e. The summed E-state index contributed by atoms with van der Waals surface area (Å²) in [5, 5.41) is 2.62. The molecule has 9 heteroatoms. The number of hydrogen-bond acceptors (Lipinski definition) is 8. The maximum atomic E-state index is 11.5. The molecule has 0 spiro atoms. The maximum absolute atomic E-state index is 11.5. The van der Waals surface area contributed by atoms with Crippen LogP contribution in [0.3, 0.4) is 0 Å². The molecule has 31 heavy (non-hydrogen) atoms. The van der Waals surface area contributed by atoms with Gasteiger partial charge in [0.25, 0.3) is 0 Å². The molecule has 0 aliphatic carbocycles. The quantitative estimate of drug-likeness (QED) is 0.211. The van der Waals surface area contributed by atoms with Crippen molar-refractivity contribution in [2.75, 3.05) is 66.0 Å². The smallest absolute Gasteiger partial charge is 0.407 e. The van der Waals surface area contributed by atoms with Crippen LogP contribution in [0, 0.1) is 0 Å². The van der Waals surface area contributed by atoms with Crippen LogP contribution < -0.4 is 5.32 Å². The normalized spacial score (nSPS) is 10.9. The molecule has 0 radical (unpaired) electrons. The van der Waals surface area contributed by atoms with Gasteiger partial charge in [0.15, 0.2) is 0 Å². The van der Waals surface area contributed by atoms with Gasteiger partial charge in [-0.25, -0.2) is 9.59 Å². The van der Waals surface area contributed by atoms with E-state index in [1.54, 1.807) is 13.0 Å². The van der Waals surface area contributed by atoms with Crippen molar-refractivity contribution in [3.63, 3.8) is 0 Å². The van der Waals surface area contributed by atoms with E-state index in [1.165, 1.54) is 6.08 Å². The molecule has 0 saturated carbocycles. The molecule has 1 aromatic carbocycles. The van der Waals surface area contributed by atoms with Crippen molar-refractivity contribution in [1.82, 2.24) is 5.32 Å². The third-order valence-electron chi connectivity index (χ3n) is 3.60. The van der Waals surface area contributed by atoms with E-state index in [2.05, 4.69) is 5.32 Å². The lowest BCUT2D eigenvalue weighted by Gasteiger charge is -2.08. The van der Waals surface area contributed by atoms with Gasteiger partial charge < -0.3 is 33.7 Å². The number of esters is 1. The number of carbonyl (C=O) groups is 2. The topological polar surface area (TPSA) is 102 Å². The SMILES string of the molecule is CCOC(=O)/C=C/COCCOCCOCCOCCNC(=O)OCc1ccccc1. The summed E-state index contributed by atoms with van der Waals surface area (Å²) in [4.78, 5) is 22.6. The Kier molecular flexibility index (Phi) is 16.7. The van der Waals surface area contributed by atoms with E-state index < -0.39 is 6.09 Å². The Hall–Kier alpha value is -2.46. The van der Waals surface area contributed by atoms with Crippen LogP contribution in [-0.4, -0.2) is 78.1 Å². The van der Waals surface area contributed by atoms with Gasteiger partial charge in [-0.3, -0.25) is 0 Å². The van der Waals surface area contributed by atoms with Crippen LogP contribution in [0.15, 0.2) is 42.5 Å². The second kappa shape index (κ2) is 19.5. The van der Waals surface area contributed by atoms with Crippen molar-refractivity contribution in [2.24, 2.45) is 0 Å². The largest absolute Gasteiger partial charge is 0.463 e. The van der Waals surface area contributed by atoms with Crippen LogP contribution in [0.25, 0.3) is 0 Å². The second-order valence-electron chi connectivity index (χ2n) is 6.05. The monoisotopic (exact) mass is 439 g/mol. The Morgan fingerprint density at radius 1 is 0.839 bits per heavy atom. The number of rotatable bonds is 18. The first kappa shape index (κ1) is 26.6. The minimum atomic E-state index is -0.472. The minimum absolute atomic E-state index is 0.238. The number of carbonyl (C=O) groups excluding carboxylic acids is 2. The Morgan fingerprint density at radius 3 is 2.10 bits per heavy atom. The number of benzene rings is 1. The molecule has 0 aliphatic heterocycles. The zero-order valence-corrected chi connectivity index (χ0v) is 18.1. The Bertz CT molecular complexity index is 609. The molecule has 0 aliphatic rings. The highest BCUT2D eigenvalue weighted by atomic mass is 16.6. The van der Waals surface area contributed by atoms with Crippen LogP contribution in [0.1, 0.15) is 12.5 Å². The van der Waals surface area contributed by atoms with Crippen LogP contribution >= 0.6 is 0 Å². The summed E-state index contributed by atoms with van der Waals surface area (Å²) >= 11 is 0. The van der Waals surface area contributed by atoms with Crippen LogP contribution in [0.2, 0.25) is 0 Å². The molecule has 1 N–H and O–H groups in total. The Balaban J connectivity index is 1.77. The lowest BCUT2D eigenvalue weighted by Crippen LogP contribution is -2.28. The molecule has 0 unspecified atom stereocenters. The predicted molar refractivity (Wildman–Crippen MR) is 114 cm³/mol. The van der Waals surface area contributed by atoms with Gasteiger partial charge in [-0.1, -0.05) is 36.4 Å². The zero-order valence-electron chi connectivity index (χ0n) is 18.1. The van der Waals surface area contributed by atoms with Crippen molar-refractivity contribution in [3.05, 3.63) is 48.0 Å². The highest BCUT2D eigenvalue weighted by Gasteiger charge is 2.01. The molecular formula is C22H33NO8. The van der Waals surface area contributed by atoms with E-state index in [-0.39, 0.29) is 12.6 Å². The molecule has 1 rings (SSSR count).